The molecule has 3 aromatic carbocycles. The highest BCUT2D eigenvalue weighted by molar-refractivity contribution is 5.65. The quantitative estimate of drug-likeness (QED) is 0.397. The third-order valence-electron chi connectivity index (χ3n) is 4.39. The molecule has 4 rings (SSSR count). The van der Waals surface area contributed by atoms with Gasteiger partial charge in [0.1, 0.15) is 11.5 Å². The Labute approximate surface area is 164 Å². The summed E-state index contributed by atoms with van der Waals surface area (Å²) in [6.45, 7) is 0. The molecular weight excluding hydrogens is 376 g/mol. The molecule has 0 unspecified atom stereocenters. The van der Waals surface area contributed by atoms with Gasteiger partial charge in [-0.3, -0.25) is 20.2 Å². The molecule has 0 N–H and O–H groups in total. The Balaban J connectivity index is 1.64. The van der Waals surface area contributed by atoms with E-state index >= 15 is 0 Å². The van der Waals surface area contributed by atoms with Crippen LogP contribution in [0.3, 0.4) is 0 Å². The van der Waals surface area contributed by atoms with Crippen molar-refractivity contribution in [2.24, 2.45) is 0 Å². The summed E-state index contributed by atoms with van der Waals surface area (Å²) in [5.74, 6) is 1.73. The van der Waals surface area contributed by atoms with Crippen molar-refractivity contribution in [2.75, 3.05) is 0 Å². The number of hydrogen-bond acceptors (Lipinski definition) is 6. The van der Waals surface area contributed by atoms with Crippen LogP contribution in [0.1, 0.15) is 11.1 Å². The van der Waals surface area contributed by atoms with E-state index in [-0.39, 0.29) is 11.4 Å². The molecule has 8 nitrogen and oxygen atoms in total. The zero-order chi connectivity index (χ0) is 20.4. The molecule has 0 spiro atoms. The molecule has 0 fully saturated rings. The van der Waals surface area contributed by atoms with Crippen LogP contribution in [0.15, 0.2) is 66.7 Å². The van der Waals surface area contributed by atoms with Gasteiger partial charge in [0, 0.05) is 24.3 Å². The zero-order valence-electron chi connectivity index (χ0n) is 15.0. The highest BCUT2D eigenvalue weighted by atomic mass is 16.6. The predicted octanol–water partition coefficient (Wildman–Crippen LogP) is 5.66. The van der Waals surface area contributed by atoms with Crippen LogP contribution in [0.2, 0.25) is 0 Å². The molecule has 0 atom stereocenters. The molecule has 0 heterocycles. The molecular formula is C21H14N2O6. The fourth-order valence-electron chi connectivity index (χ4n) is 2.95. The minimum absolute atomic E-state index is 0.0298. The standard InChI is InChI=1S/C21H14N2O6/c24-22(25)16-4-8-18(9-5-16)28-20-12-14-2-1-3-15(14)13-21(20)29-19-10-6-17(7-11-19)23(26)27/h1-2,4-13H,3H2. The lowest BCUT2D eigenvalue weighted by molar-refractivity contribution is -0.385. The van der Waals surface area contributed by atoms with Gasteiger partial charge >= 0.3 is 0 Å². The first-order chi connectivity index (χ1) is 14.0. The minimum Gasteiger partial charge on any atom is -0.453 e. The van der Waals surface area contributed by atoms with Gasteiger partial charge < -0.3 is 9.47 Å². The summed E-state index contributed by atoms with van der Waals surface area (Å²) in [6.07, 6.45) is 4.77. The smallest absolute Gasteiger partial charge is 0.269 e. The van der Waals surface area contributed by atoms with Gasteiger partial charge in [-0.1, -0.05) is 12.2 Å². The summed E-state index contributed by atoms with van der Waals surface area (Å²) in [5.41, 5.74) is 2.00. The molecule has 0 radical (unpaired) electrons. The molecule has 0 saturated carbocycles. The molecule has 0 amide bonds. The number of non-ortho nitro benzene ring substituents is 2. The van der Waals surface area contributed by atoms with E-state index in [4.69, 9.17) is 9.47 Å². The first-order valence-corrected chi connectivity index (χ1v) is 8.68. The number of hydrogen-bond donors (Lipinski definition) is 0. The number of nitrogens with zero attached hydrogens (tertiary/aromatic N) is 2. The Morgan fingerprint density at radius 2 is 1.21 bits per heavy atom. The highest BCUT2D eigenvalue weighted by Gasteiger charge is 2.16. The number of nitro benzene ring substituents is 2. The fraction of sp³-hybridized carbons (Fsp3) is 0.0476. The van der Waals surface area contributed by atoms with Crippen molar-refractivity contribution in [3.63, 3.8) is 0 Å². The summed E-state index contributed by atoms with van der Waals surface area (Å²) in [6, 6.07) is 15.2. The summed E-state index contributed by atoms with van der Waals surface area (Å²) in [5, 5.41) is 21.6. The number of ether oxygens (including phenoxy) is 2. The number of allylic oxidation sites excluding steroid dienone is 1. The van der Waals surface area contributed by atoms with Gasteiger partial charge in [-0.25, -0.2) is 0 Å². The maximum absolute atomic E-state index is 10.8. The molecule has 0 aromatic heterocycles. The normalized spacial score (nSPS) is 11.7. The zero-order valence-corrected chi connectivity index (χ0v) is 15.0. The van der Waals surface area contributed by atoms with Crippen LogP contribution >= 0.6 is 0 Å². The van der Waals surface area contributed by atoms with Crippen molar-refractivity contribution in [2.45, 2.75) is 6.42 Å². The summed E-state index contributed by atoms with van der Waals surface area (Å²) in [7, 11) is 0. The van der Waals surface area contributed by atoms with Crippen LogP contribution in [0.4, 0.5) is 11.4 Å². The second-order valence-corrected chi connectivity index (χ2v) is 6.31. The second-order valence-electron chi connectivity index (χ2n) is 6.31. The van der Waals surface area contributed by atoms with Crippen molar-refractivity contribution < 1.29 is 19.3 Å². The maximum atomic E-state index is 10.8. The first-order valence-electron chi connectivity index (χ1n) is 8.68. The van der Waals surface area contributed by atoms with Crippen LogP contribution in [-0.4, -0.2) is 9.85 Å². The largest absolute Gasteiger partial charge is 0.453 e. The van der Waals surface area contributed by atoms with E-state index in [0.717, 1.165) is 17.5 Å². The van der Waals surface area contributed by atoms with Crippen LogP contribution in [-0.2, 0) is 6.42 Å². The average molecular weight is 390 g/mol. The average Bonchev–Trinajstić information content (AvgIpc) is 3.16. The van der Waals surface area contributed by atoms with E-state index in [1.807, 2.05) is 24.3 Å². The molecule has 144 valence electrons. The minimum atomic E-state index is -0.479. The van der Waals surface area contributed by atoms with Gasteiger partial charge in [0.25, 0.3) is 11.4 Å². The Morgan fingerprint density at radius 3 is 1.69 bits per heavy atom. The Kier molecular flexibility index (Phi) is 4.66. The monoisotopic (exact) mass is 390 g/mol. The van der Waals surface area contributed by atoms with Crippen LogP contribution < -0.4 is 9.47 Å². The van der Waals surface area contributed by atoms with E-state index in [2.05, 4.69) is 0 Å². The number of benzene rings is 3. The van der Waals surface area contributed by atoms with Gasteiger partial charge in [-0.2, -0.15) is 0 Å². The summed E-state index contributed by atoms with van der Waals surface area (Å²) < 4.78 is 11.8. The number of rotatable bonds is 6. The summed E-state index contributed by atoms with van der Waals surface area (Å²) in [4.78, 5) is 20.7. The van der Waals surface area contributed by atoms with Crippen molar-refractivity contribution in [1.29, 1.82) is 0 Å². The predicted molar refractivity (Wildman–Crippen MR) is 106 cm³/mol. The lowest BCUT2D eigenvalue weighted by Gasteiger charge is -2.14. The molecule has 0 aliphatic heterocycles. The SMILES string of the molecule is O=[N+]([O-])c1ccc(Oc2cc3c(cc2Oc2ccc([N+](=O)[O-])cc2)CC=C3)cc1. The molecule has 29 heavy (non-hydrogen) atoms. The summed E-state index contributed by atoms with van der Waals surface area (Å²) >= 11 is 0. The van der Waals surface area contributed by atoms with E-state index in [1.165, 1.54) is 48.5 Å². The molecule has 3 aromatic rings. The third-order valence-corrected chi connectivity index (χ3v) is 4.39. The van der Waals surface area contributed by atoms with E-state index in [9.17, 15) is 20.2 Å². The lowest BCUT2D eigenvalue weighted by Crippen LogP contribution is -1.94. The van der Waals surface area contributed by atoms with Crippen molar-refractivity contribution in [3.05, 3.63) is 98.1 Å². The van der Waals surface area contributed by atoms with Gasteiger partial charge in [0.05, 0.1) is 9.85 Å². The first kappa shape index (κ1) is 18.2. The molecule has 0 saturated heterocycles. The van der Waals surface area contributed by atoms with Crippen LogP contribution in [0.5, 0.6) is 23.0 Å². The van der Waals surface area contributed by atoms with Gasteiger partial charge in [0.15, 0.2) is 11.5 Å². The Morgan fingerprint density at radius 1 is 0.724 bits per heavy atom. The topological polar surface area (TPSA) is 105 Å². The molecule has 0 bridgehead atoms. The fourth-order valence-corrected chi connectivity index (χ4v) is 2.95. The molecule has 1 aliphatic rings. The van der Waals surface area contributed by atoms with E-state index < -0.39 is 9.85 Å². The van der Waals surface area contributed by atoms with Gasteiger partial charge in [-0.05, 0) is 53.9 Å². The van der Waals surface area contributed by atoms with Crippen molar-refractivity contribution in [3.8, 4) is 23.0 Å². The van der Waals surface area contributed by atoms with Gasteiger partial charge in [0.2, 0.25) is 0 Å². The maximum Gasteiger partial charge on any atom is 0.269 e. The van der Waals surface area contributed by atoms with Crippen molar-refractivity contribution in [1.82, 2.24) is 0 Å². The molecule has 8 heteroatoms. The number of nitro groups is 2. The van der Waals surface area contributed by atoms with E-state index in [0.29, 0.717) is 23.0 Å². The lowest BCUT2D eigenvalue weighted by atomic mass is 10.1. The van der Waals surface area contributed by atoms with Crippen LogP contribution in [0.25, 0.3) is 6.08 Å². The highest BCUT2D eigenvalue weighted by Crippen LogP contribution is 2.39. The Hall–Kier alpha value is -4.20. The van der Waals surface area contributed by atoms with E-state index in [1.54, 1.807) is 0 Å². The van der Waals surface area contributed by atoms with Crippen molar-refractivity contribution >= 4 is 17.5 Å². The third kappa shape index (κ3) is 3.91. The second kappa shape index (κ2) is 7.43. The molecule has 1 aliphatic carbocycles. The van der Waals surface area contributed by atoms with Gasteiger partial charge in [-0.15, -0.1) is 0 Å². The Bertz CT molecular complexity index is 1120. The van der Waals surface area contributed by atoms with Crippen LogP contribution in [0, 0.1) is 20.2 Å². The number of fused-ring (bicyclic) bond motifs is 1.